The monoisotopic (exact) mass is 527 g/mol. The van der Waals surface area contributed by atoms with Gasteiger partial charge in [0.15, 0.2) is 17.3 Å². The van der Waals surface area contributed by atoms with Gasteiger partial charge in [-0.2, -0.15) is 5.26 Å². The van der Waals surface area contributed by atoms with E-state index in [2.05, 4.69) is 24.9 Å². The van der Waals surface area contributed by atoms with Crippen molar-refractivity contribution in [3.8, 4) is 34.8 Å². The highest BCUT2D eigenvalue weighted by molar-refractivity contribution is 7.92. The summed E-state index contributed by atoms with van der Waals surface area (Å²) in [7, 11) is -1.52. The van der Waals surface area contributed by atoms with Crippen LogP contribution in [0.25, 0.3) is 17.3 Å². The number of aryl methyl sites for hydroxylation is 1. The molecule has 0 amide bonds. The summed E-state index contributed by atoms with van der Waals surface area (Å²) in [6.07, 6.45) is 2.23. The molecular formula is C23H22FN7O5S. The standard InChI is InChI=1S/C23H22FN7O5S/c1-14-8-9-18(36-14)20-28-29-22(31(20)19-16(34-3)6-5-7-17(19)35-4)30-37(32,33)13-23(2,24)21-26-11-15(10-25)12-27-21/h5-9,11-12H,13H2,1-4H3,(H,29,30)/t23-/m0/s1. The van der Waals surface area contributed by atoms with Crippen LogP contribution in [0, 0.1) is 18.3 Å². The van der Waals surface area contributed by atoms with Crippen molar-refractivity contribution >= 4 is 16.0 Å². The fourth-order valence-corrected chi connectivity index (χ4v) is 4.91. The first kappa shape index (κ1) is 25.6. The first-order valence-electron chi connectivity index (χ1n) is 10.7. The minimum Gasteiger partial charge on any atom is -0.494 e. The van der Waals surface area contributed by atoms with Gasteiger partial charge in [0.2, 0.25) is 21.8 Å². The Morgan fingerprint density at radius 3 is 2.32 bits per heavy atom. The normalized spacial score (nSPS) is 13.0. The Balaban J connectivity index is 1.78. The highest BCUT2D eigenvalue weighted by Crippen LogP contribution is 2.38. The topological polar surface area (TPSA) is 158 Å². The Morgan fingerprint density at radius 1 is 1.14 bits per heavy atom. The number of aromatic nitrogens is 5. The Kier molecular flexibility index (Phi) is 6.82. The second-order valence-electron chi connectivity index (χ2n) is 8.07. The minimum atomic E-state index is -4.40. The maximum atomic E-state index is 15.5. The third-order valence-corrected chi connectivity index (χ3v) is 6.62. The Morgan fingerprint density at radius 2 is 1.78 bits per heavy atom. The molecule has 1 atom stereocenters. The third-order valence-electron chi connectivity index (χ3n) is 5.20. The number of nitriles is 1. The van der Waals surface area contributed by atoms with Crippen molar-refractivity contribution in [2.45, 2.75) is 19.5 Å². The maximum Gasteiger partial charge on any atom is 0.243 e. The van der Waals surface area contributed by atoms with Crippen molar-refractivity contribution < 1.29 is 26.7 Å². The van der Waals surface area contributed by atoms with Gasteiger partial charge in [0.1, 0.15) is 34.8 Å². The number of para-hydroxylation sites is 1. The van der Waals surface area contributed by atoms with Gasteiger partial charge in [-0.1, -0.05) is 6.07 Å². The SMILES string of the molecule is COc1cccc(OC)c1-n1c(NS(=O)(=O)C[C@](C)(F)c2ncc(C#N)cn2)nnc1-c1ccc(C)o1. The number of hydrogen-bond acceptors (Lipinski definition) is 10. The van der Waals surface area contributed by atoms with Gasteiger partial charge in [-0.3, -0.25) is 9.29 Å². The summed E-state index contributed by atoms with van der Waals surface area (Å²) in [6.45, 7) is 2.77. The zero-order chi connectivity index (χ0) is 26.8. The lowest BCUT2D eigenvalue weighted by molar-refractivity contribution is 0.210. The Bertz CT molecular complexity index is 1550. The molecule has 0 aliphatic carbocycles. The molecule has 0 aliphatic rings. The smallest absolute Gasteiger partial charge is 0.243 e. The molecule has 0 saturated carbocycles. The number of methoxy groups -OCH3 is 2. The van der Waals surface area contributed by atoms with E-state index < -0.39 is 27.3 Å². The molecule has 0 bridgehead atoms. The number of furan rings is 1. The average Bonchev–Trinajstić information content (AvgIpc) is 3.48. The van der Waals surface area contributed by atoms with Crippen LogP contribution < -0.4 is 14.2 Å². The van der Waals surface area contributed by atoms with E-state index in [4.69, 9.17) is 19.2 Å². The van der Waals surface area contributed by atoms with Crippen LogP contribution in [-0.2, 0) is 15.7 Å². The molecule has 0 radical (unpaired) electrons. The van der Waals surface area contributed by atoms with Gasteiger partial charge in [-0.25, -0.2) is 22.8 Å². The van der Waals surface area contributed by atoms with Gasteiger partial charge < -0.3 is 13.9 Å². The number of halogens is 1. The number of rotatable bonds is 9. The third kappa shape index (κ3) is 5.21. The molecule has 0 aliphatic heterocycles. The van der Waals surface area contributed by atoms with Crippen LogP contribution in [0.2, 0.25) is 0 Å². The summed E-state index contributed by atoms with van der Waals surface area (Å²) in [5, 5.41) is 17.0. The van der Waals surface area contributed by atoms with Gasteiger partial charge in [-0.15, -0.1) is 10.2 Å². The summed E-state index contributed by atoms with van der Waals surface area (Å²) < 4.78 is 62.0. The predicted molar refractivity (Wildman–Crippen MR) is 130 cm³/mol. The number of alkyl halides is 1. The summed E-state index contributed by atoms with van der Waals surface area (Å²) in [5.74, 6) is -0.0152. The van der Waals surface area contributed by atoms with E-state index >= 15 is 4.39 Å². The fourth-order valence-electron chi connectivity index (χ4n) is 3.58. The van der Waals surface area contributed by atoms with Crippen molar-refractivity contribution in [2.24, 2.45) is 0 Å². The molecule has 3 heterocycles. The van der Waals surface area contributed by atoms with E-state index in [1.165, 1.54) is 18.8 Å². The lowest BCUT2D eigenvalue weighted by Crippen LogP contribution is -2.33. The molecule has 12 nitrogen and oxygen atoms in total. The van der Waals surface area contributed by atoms with E-state index in [9.17, 15) is 8.42 Å². The number of ether oxygens (including phenoxy) is 2. The number of sulfonamides is 1. The predicted octanol–water partition coefficient (Wildman–Crippen LogP) is 3.14. The zero-order valence-electron chi connectivity index (χ0n) is 20.3. The van der Waals surface area contributed by atoms with E-state index in [1.807, 2.05) is 6.07 Å². The van der Waals surface area contributed by atoms with Gasteiger partial charge in [0.25, 0.3) is 0 Å². The van der Waals surface area contributed by atoms with Crippen molar-refractivity contribution in [1.82, 2.24) is 24.7 Å². The second kappa shape index (κ2) is 9.86. The fraction of sp³-hybridized carbons (Fsp3) is 0.261. The highest BCUT2D eigenvalue weighted by Gasteiger charge is 2.37. The van der Waals surface area contributed by atoms with Crippen molar-refractivity contribution in [3.05, 3.63) is 59.9 Å². The van der Waals surface area contributed by atoms with Crippen LogP contribution in [0.3, 0.4) is 0 Å². The van der Waals surface area contributed by atoms with Crippen LogP contribution >= 0.6 is 0 Å². The van der Waals surface area contributed by atoms with Crippen molar-refractivity contribution in [2.75, 3.05) is 24.7 Å². The summed E-state index contributed by atoms with van der Waals surface area (Å²) in [4.78, 5) is 7.58. The second-order valence-corrected chi connectivity index (χ2v) is 9.79. The van der Waals surface area contributed by atoms with Gasteiger partial charge in [0, 0.05) is 12.4 Å². The Labute approximate surface area is 211 Å². The summed E-state index contributed by atoms with van der Waals surface area (Å²) >= 11 is 0. The van der Waals surface area contributed by atoms with Gasteiger partial charge in [0.05, 0.1) is 19.8 Å². The molecule has 4 rings (SSSR count). The Hall–Kier alpha value is -4.51. The molecule has 1 N–H and O–H groups in total. The number of nitrogens with one attached hydrogen (secondary N) is 1. The average molecular weight is 528 g/mol. The molecule has 14 heteroatoms. The molecular weight excluding hydrogens is 505 g/mol. The van der Waals surface area contributed by atoms with Crippen LogP contribution in [0.1, 0.15) is 24.1 Å². The van der Waals surface area contributed by atoms with Crippen LogP contribution in [0.4, 0.5) is 10.3 Å². The molecule has 1 aromatic carbocycles. The summed E-state index contributed by atoms with van der Waals surface area (Å²) in [6, 6.07) is 10.2. The largest absolute Gasteiger partial charge is 0.494 e. The number of nitrogens with zero attached hydrogens (tertiary/aromatic N) is 6. The molecule has 0 unspecified atom stereocenters. The van der Waals surface area contributed by atoms with Crippen molar-refractivity contribution in [1.29, 1.82) is 5.26 Å². The lowest BCUT2D eigenvalue weighted by atomic mass is 10.1. The zero-order valence-corrected chi connectivity index (χ0v) is 21.1. The highest BCUT2D eigenvalue weighted by atomic mass is 32.2. The molecule has 0 spiro atoms. The van der Waals surface area contributed by atoms with Crippen LogP contribution in [0.15, 0.2) is 47.1 Å². The summed E-state index contributed by atoms with van der Waals surface area (Å²) in [5.41, 5.74) is -2.09. The first-order valence-corrected chi connectivity index (χ1v) is 12.4. The number of anilines is 1. The maximum absolute atomic E-state index is 15.5. The van der Waals surface area contributed by atoms with Crippen molar-refractivity contribution in [3.63, 3.8) is 0 Å². The molecule has 0 fully saturated rings. The van der Waals surface area contributed by atoms with Gasteiger partial charge in [-0.05, 0) is 38.1 Å². The molecule has 4 aromatic rings. The van der Waals surface area contributed by atoms with Gasteiger partial charge >= 0.3 is 0 Å². The number of hydrogen-bond donors (Lipinski definition) is 1. The minimum absolute atomic E-state index is 0.111. The van der Waals surface area contributed by atoms with E-state index in [-0.39, 0.29) is 23.0 Å². The van der Waals surface area contributed by atoms with E-state index in [0.717, 1.165) is 19.3 Å². The van der Waals surface area contributed by atoms with E-state index in [1.54, 1.807) is 37.3 Å². The first-order chi connectivity index (χ1) is 17.6. The molecule has 192 valence electrons. The molecule has 37 heavy (non-hydrogen) atoms. The lowest BCUT2D eigenvalue weighted by Gasteiger charge is -2.20. The van der Waals surface area contributed by atoms with Crippen LogP contribution in [0.5, 0.6) is 11.5 Å². The quantitative estimate of drug-likeness (QED) is 0.343. The van der Waals surface area contributed by atoms with Crippen LogP contribution in [-0.4, -0.2) is 53.1 Å². The molecule has 3 aromatic heterocycles. The number of benzene rings is 1. The molecule has 0 saturated heterocycles. The van der Waals surface area contributed by atoms with E-state index in [0.29, 0.717) is 23.0 Å².